The van der Waals surface area contributed by atoms with Crippen LogP contribution in [0.2, 0.25) is 0 Å². The van der Waals surface area contributed by atoms with Crippen molar-refractivity contribution < 1.29 is 14.3 Å². The molecule has 0 aromatic heterocycles. The number of hydrogen-bond donors (Lipinski definition) is 2. The maximum absolute atomic E-state index is 12.1. The van der Waals surface area contributed by atoms with Crippen molar-refractivity contribution in [1.29, 1.82) is 0 Å². The summed E-state index contributed by atoms with van der Waals surface area (Å²) in [6.45, 7) is 5.68. The van der Waals surface area contributed by atoms with Crippen LogP contribution in [-0.4, -0.2) is 51.5 Å². The van der Waals surface area contributed by atoms with Crippen molar-refractivity contribution in [3.8, 4) is 0 Å². The summed E-state index contributed by atoms with van der Waals surface area (Å²) in [5.74, 6) is -0.00871. The Bertz CT molecular complexity index is 240. The van der Waals surface area contributed by atoms with E-state index in [1.54, 1.807) is 7.11 Å². The molecule has 2 N–H and O–H groups in total. The monoisotopic (exact) mass is 258 g/mol. The van der Waals surface area contributed by atoms with E-state index in [9.17, 15) is 4.79 Å². The number of nitrogens with one attached hydrogen (secondary N) is 2. The van der Waals surface area contributed by atoms with E-state index in [4.69, 9.17) is 9.47 Å². The fraction of sp³-hybridized carbons (Fsp3) is 0.923. The fourth-order valence-corrected chi connectivity index (χ4v) is 2.10. The van der Waals surface area contributed by atoms with Crippen LogP contribution < -0.4 is 10.6 Å². The van der Waals surface area contributed by atoms with E-state index >= 15 is 0 Å². The third-order valence-electron chi connectivity index (χ3n) is 3.39. The summed E-state index contributed by atoms with van der Waals surface area (Å²) in [4.78, 5) is 12.1. The second-order valence-corrected chi connectivity index (χ2v) is 4.67. The van der Waals surface area contributed by atoms with Gasteiger partial charge in [0.05, 0.1) is 6.61 Å². The molecule has 1 aliphatic heterocycles. The van der Waals surface area contributed by atoms with E-state index in [0.29, 0.717) is 13.2 Å². The molecule has 0 unspecified atom stereocenters. The third-order valence-corrected chi connectivity index (χ3v) is 3.39. The van der Waals surface area contributed by atoms with Crippen LogP contribution in [0.25, 0.3) is 0 Å². The molecule has 106 valence electrons. The Labute approximate surface area is 110 Å². The lowest BCUT2D eigenvalue weighted by atomic mass is 9.91. The molecule has 0 radical (unpaired) electrons. The Morgan fingerprint density at radius 1 is 1.33 bits per heavy atom. The lowest BCUT2D eigenvalue weighted by Crippen LogP contribution is -2.54. The van der Waals surface area contributed by atoms with Crippen LogP contribution in [0.5, 0.6) is 0 Å². The molecule has 0 saturated carbocycles. The standard InChI is InChI=1S/C13H26N2O3/c1-3-4-10-18-11-9-15-12(16)13(17-2)5-7-14-8-6-13/h14H,3-11H2,1-2H3,(H,15,16). The van der Waals surface area contributed by atoms with Crippen LogP contribution in [0.4, 0.5) is 0 Å². The highest BCUT2D eigenvalue weighted by atomic mass is 16.5. The second-order valence-electron chi connectivity index (χ2n) is 4.67. The van der Waals surface area contributed by atoms with Gasteiger partial charge >= 0.3 is 0 Å². The van der Waals surface area contributed by atoms with Gasteiger partial charge in [-0.25, -0.2) is 0 Å². The van der Waals surface area contributed by atoms with Gasteiger partial charge in [-0.1, -0.05) is 13.3 Å². The quantitative estimate of drug-likeness (QED) is 0.629. The highest BCUT2D eigenvalue weighted by molar-refractivity contribution is 5.85. The van der Waals surface area contributed by atoms with Gasteiger partial charge in [-0.05, 0) is 32.4 Å². The van der Waals surface area contributed by atoms with Crippen molar-refractivity contribution in [3.63, 3.8) is 0 Å². The highest BCUT2D eigenvalue weighted by Crippen LogP contribution is 2.22. The summed E-state index contributed by atoms with van der Waals surface area (Å²) in [6.07, 6.45) is 3.66. The minimum atomic E-state index is -0.644. The third kappa shape index (κ3) is 4.55. The van der Waals surface area contributed by atoms with Gasteiger partial charge in [0.2, 0.25) is 0 Å². The van der Waals surface area contributed by atoms with Gasteiger partial charge in [0.25, 0.3) is 5.91 Å². The smallest absolute Gasteiger partial charge is 0.252 e. The Balaban J connectivity index is 2.21. The van der Waals surface area contributed by atoms with E-state index in [-0.39, 0.29) is 5.91 Å². The van der Waals surface area contributed by atoms with Gasteiger partial charge in [0.1, 0.15) is 5.60 Å². The zero-order chi connectivity index (χ0) is 13.3. The molecule has 1 heterocycles. The van der Waals surface area contributed by atoms with Crippen molar-refractivity contribution in [2.75, 3.05) is 40.0 Å². The van der Waals surface area contributed by atoms with Crippen LogP contribution in [0.1, 0.15) is 32.6 Å². The van der Waals surface area contributed by atoms with E-state index in [1.165, 1.54) is 0 Å². The number of amides is 1. The molecule has 0 bridgehead atoms. The van der Waals surface area contributed by atoms with Gasteiger partial charge in [-0.15, -0.1) is 0 Å². The topological polar surface area (TPSA) is 59.6 Å². The van der Waals surface area contributed by atoms with Gasteiger partial charge in [0.15, 0.2) is 0 Å². The summed E-state index contributed by atoms with van der Waals surface area (Å²) in [7, 11) is 1.61. The number of piperidine rings is 1. The first-order chi connectivity index (χ1) is 8.75. The first kappa shape index (κ1) is 15.4. The number of rotatable bonds is 8. The molecular formula is C13H26N2O3. The van der Waals surface area contributed by atoms with E-state index in [1.807, 2.05) is 0 Å². The zero-order valence-electron chi connectivity index (χ0n) is 11.6. The molecule has 0 aromatic carbocycles. The number of carbonyl (C=O) groups is 1. The molecule has 5 heteroatoms. The van der Waals surface area contributed by atoms with Crippen LogP contribution in [0.3, 0.4) is 0 Å². The van der Waals surface area contributed by atoms with Gasteiger partial charge in [-0.3, -0.25) is 4.79 Å². The van der Waals surface area contributed by atoms with Gasteiger partial charge in [0, 0.05) is 20.3 Å². The Morgan fingerprint density at radius 2 is 2.06 bits per heavy atom. The predicted molar refractivity (Wildman–Crippen MR) is 70.6 cm³/mol. The molecule has 0 aliphatic carbocycles. The molecule has 5 nitrogen and oxygen atoms in total. The van der Waals surface area contributed by atoms with Crippen LogP contribution in [0, 0.1) is 0 Å². The van der Waals surface area contributed by atoms with Gasteiger partial charge < -0.3 is 20.1 Å². The molecule has 1 aliphatic rings. The maximum Gasteiger partial charge on any atom is 0.252 e. The summed E-state index contributed by atoms with van der Waals surface area (Å²) in [5, 5.41) is 6.14. The van der Waals surface area contributed by atoms with Crippen LogP contribution >= 0.6 is 0 Å². The number of ether oxygens (including phenoxy) is 2. The minimum absolute atomic E-state index is 0.00871. The minimum Gasteiger partial charge on any atom is -0.380 e. The number of unbranched alkanes of at least 4 members (excludes halogenated alkanes) is 1. The summed E-state index contributed by atoms with van der Waals surface area (Å²) < 4.78 is 10.9. The Kier molecular flexibility index (Phi) is 7.23. The van der Waals surface area contributed by atoms with Crippen LogP contribution in [-0.2, 0) is 14.3 Å². The first-order valence-electron chi connectivity index (χ1n) is 6.87. The van der Waals surface area contributed by atoms with Crippen molar-refractivity contribution in [2.24, 2.45) is 0 Å². The Morgan fingerprint density at radius 3 is 2.67 bits per heavy atom. The van der Waals surface area contributed by atoms with E-state index in [0.717, 1.165) is 45.4 Å². The van der Waals surface area contributed by atoms with Crippen molar-refractivity contribution in [1.82, 2.24) is 10.6 Å². The van der Waals surface area contributed by atoms with Crippen molar-refractivity contribution >= 4 is 5.91 Å². The largest absolute Gasteiger partial charge is 0.380 e. The molecule has 1 saturated heterocycles. The second kappa shape index (κ2) is 8.45. The number of carbonyl (C=O) groups excluding carboxylic acids is 1. The lowest BCUT2D eigenvalue weighted by Gasteiger charge is -2.34. The molecular weight excluding hydrogens is 232 g/mol. The van der Waals surface area contributed by atoms with Crippen molar-refractivity contribution in [2.45, 2.75) is 38.2 Å². The summed E-state index contributed by atoms with van der Waals surface area (Å²) >= 11 is 0. The maximum atomic E-state index is 12.1. The average Bonchev–Trinajstić information content (AvgIpc) is 2.43. The van der Waals surface area contributed by atoms with E-state index in [2.05, 4.69) is 17.6 Å². The van der Waals surface area contributed by atoms with Gasteiger partial charge in [-0.2, -0.15) is 0 Å². The normalized spacial score (nSPS) is 18.6. The molecule has 0 aromatic rings. The predicted octanol–water partition coefficient (Wildman–Crippen LogP) is 0.688. The SMILES string of the molecule is CCCCOCCNC(=O)C1(OC)CCNCC1. The lowest BCUT2D eigenvalue weighted by molar-refractivity contribution is -0.146. The summed E-state index contributed by atoms with van der Waals surface area (Å²) in [5.41, 5.74) is -0.644. The number of hydrogen-bond acceptors (Lipinski definition) is 4. The van der Waals surface area contributed by atoms with Crippen molar-refractivity contribution in [3.05, 3.63) is 0 Å². The first-order valence-corrected chi connectivity index (χ1v) is 6.87. The summed E-state index contributed by atoms with van der Waals surface area (Å²) in [6, 6.07) is 0. The molecule has 1 amide bonds. The molecule has 18 heavy (non-hydrogen) atoms. The molecule has 0 spiro atoms. The zero-order valence-corrected chi connectivity index (χ0v) is 11.6. The molecule has 0 atom stereocenters. The van der Waals surface area contributed by atoms with Crippen LogP contribution in [0.15, 0.2) is 0 Å². The molecule has 1 fully saturated rings. The Hall–Kier alpha value is -0.650. The average molecular weight is 258 g/mol. The highest BCUT2D eigenvalue weighted by Gasteiger charge is 2.39. The van der Waals surface area contributed by atoms with E-state index < -0.39 is 5.60 Å². The fourth-order valence-electron chi connectivity index (χ4n) is 2.10. The number of methoxy groups -OCH3 is 1. The molecule has 1 rings (SSSR count).